The summed E-state index contributed by atoms with van der Waals surface area (Å²) in [5.74, 6) is 2.25. The van der Waals surface area contributed by atoms with Crippen LogP contribution in [0.15, 0.2) is 0 Å². The summed E-state index contributed by atoms with van der Waals surface area (Å²) in [4.78, 5) is 0. The van der Waals surface area contributed by atoms with Gasteiger partial charge in [-0.25, -0.2) is 0 Å². The zero-order valence-electron chi connectivity index (χ0n) is 11.9. The molecule has 1 N–H and O–H groups in total. The average molecular weight is 238 g/mol. The molecule has 2 aliphatic rings. The molecular formula is C16H30O. The van der Waals surface area contributed by atoms with Crippen LogP contribution in [0.5, 0.6) is 0 Å². The highest BCUT2D eigenvalue weighted by molar-refractivity contribution is 4.89. The molecule has 1 heteroatoms. The van der Waals surface area contributed by atoms with E-state index in [4.69, 9.17) is 0 Å². The van der Waals surface area contributed by atoms with E-state index in [0.717, 1.165) is 18.3 Å². The summed E-state index contributed by atoms with van der Waals surface area (Å²) in [5, 5.41) is 10.3. The molecule has 0 aromatic carbocycles. The zero-order valence-corrected chi connectivity index (χ0v) is 11.9. The van der Waals surface area contributed by atoms with E-state index in [-0.39, 0.29) is 6.10 Å². The summed E-state index contributed by atoms with van der Waals surface area (Å²) in [5.41, 5.74) is 0.424. The highest BCUT2D eigenvalue weighted by atomic mass is 16.3. The predicted octanol–water partition coefficient (Wildman–Crippen LogP) is 4.39. The molecule has 0 heterocycles. The summed E-state index contributed by atoms with van der Waals surface area (Å²) in [6.07, 6.45) is 10.5. The van der Waals surface area contributed by atoms with Gasteiger partial charge in [0.15, 0.2) is 0 Å². The molecule has 100 valence electrons. The molecule has 0 aromatic heterocycles. The van der Waals surface area contributed by atoms with Crippen molar-refractivity contribution in [3.05, 3.63) is 0 Å². The molecule has 0 aromatic rings. The van der Waals surface area contributed by atoms with E-state index >= 15 is 0 Å². The molecule has 3 atom stereocenters. The van der Waals surface area contributed by atoms with Gasteiger partial charge in [-0.2, -0.15) is 0 Å². The van der Waals surface area contributed by atoms with Gasteiger partial charge in [0.25, 0.3) is 0 Å². The molecule has 2 aliphatic carbocycles. The molecule has 1 nitrogen and oxygen atoms in total. The minimum Gasteiger partial charge on any atom is -0.393 e. The molecule has 17 heavy (non-hydrogen) atoms. The van der Waals surface area contributed by atoms with Gasteiger partial charge in [-0.1, -0.05) is 52.9 Å². The molecule has 0 bridgehead atoms. The zero-order chi connectivity index (χ0) is 12.5. The predicted molar refractivity (Wildman–Crippen MR) is 72.9 cm³/mol. The monoisotopic (exact) mass is 238 g/mol. The molecule has 0 spiro atoms. The lowest BCUT2D eigenvalue weighted by Crippen LogP contribution is -2.38. The molecule has 2 saturated carbocycles. The summed E-state index contributed by atoms with van der Waals surface area (Å²) in [7, 11) is 0. The summed E-state index contributed by atoms with van der Waals surface area (Å²) >= 11 is 0. The number of rotatable bonds is 1. The van der Waals surface area contributed by atoms with E-state index in [0.29, 0.717) is 11.3 Å². The fourth-order valence-electron chi connectivity index (χ4n) is 4.04. The van der Waals surface area contributed by atoms with Gasteiger partial charge < -0.3 is 5.11 Å². The van der Waals surface area contributed by atoms with Crippen molar-refractivity contribution < 1.29 is 5.11 Å². The van der Waals surface area contributed by atoms with Crippen LogP contribution in [0.2, 0.25) is 0 Å². The van der Waals surface area contributed by atoms with Crippen molar-refractivity contribution in [1.82, 2.24) is 0 Å². The van der Waals surface area contributed by atoms with E-state index < -0.39 is 0 Å². The normalized spacial score (nSPS) is 37.1. The van der Waals surface area contributed by atoms with E-state index in [1.54, 1.807) is 0 Å². The van der Waals surface area contributed by atoms with E-state index in [9.17, 15) is 5.11 Å². The Hall–Kier alpha value is -0.0400. The lowest BCUT2D eigenvalue weighted by Gasteiger charge is -2.44. The van der Waals surface area contributed by atoms with Crippen LogP contribution in [0, 0.1) is 23.2 Å². The number of aliphatic hydroxyl groups excluding tert-OH is 1. The Balaban J connectivity index is 1.99. The Kier molecular flexibility index (Phi) is 4.18. The van der Waals surface area contributed by atoms with Gasteiger partial charge in [0.05, 0.1) is 6.10 Å². The van der Waals surface area contributed by atoms with Crippen molar-refractivity contribution in [2.45, 2.75) is 78.2 Å². The van der Waals surface area contributed by atoms with Crippen LogP contribution in [0.3, 0.4) is 0 Å². The third-order valence-corrected chi connectivity index (χ3v) is 5.34. The Morgan fingerprint density at radius 1 is 0.882 bits per heavy atom. The molecule has 0 amide bonds. The first-order valence-corrected chi connectivity index (χ1v) is 7.66. The topological polar surface area (TPSA) is 20.2 Å². The van der Waals surface area contributed by atoms with Gasteiger partial charge in [0.1, 0.15) is 0 Å². The van der Waals surface area contributed by atoms with Gasteiger partial charge >= 0.3 is 0 Å². The van der Waals surface area contributed by atoms with Gasteiger partial charge in [-0.05, 0) is 42.4 Å². The lowest BCUT2D eigenvalue weighted by atomic mass is 9.63. The van der Waals surface area contributed by atoms with Gasteiger partial charge in [0, 0.05) is 0 Å². The van der Waals surface area contributed by atoms with Gasteiger partial charge in [-0.3, -0.25) is 0 Å². The van der Waals surface area contributed by atoms with Crippen molar-refractivity contribution in [2.24, 2.45) is 23.2 Å². The quantitative estimate of drug-likeness (QED) is 0.718. The third-order valence-electron chi connectivity index (χ3n) is 5.34. The van der Waals surface area contributed by atoms with Crippen molar-refractivity contribution >= 4 is 0 Å². The minimum atomic E-state index is -0.00306. The second-order valence-corrected chi connectivity index (χ2v) is 7.51. The fraction of sp³-hybridized carbons (Fsp3) is 1.00. The average Bonchev–Trinajstić information content (AvgIpc) is 2.29. The molecule has 0 saturated heterocycles. The van der Waals surface area contributed by atoms with Crippen LogP contribution in [0.4, 0.5) is 0 Å². The highest BCUT2D eigenvalue weighted by Crippen LogP contribution is 2.45. The van der Waals surface area contributed by atoms with Crippen molar-refractivity contribution in [3.8, 4) is 0 Å². The molecule has 3 unspecified atom stereocenters. The second-order valence-electron chi connectivity index (χ2n) is 7.51. The smallest absolute Gasteiger partial charge is 0.0571 e. The summed E-state index contributed by atoms with van der Waals surface area (Å²) < 4.78 is 0. The lowest BCUT2D eigenvalue weighted by molar-refractivity contribution is -0.0154. The van der Waals surface area contributed by atoms with E-state index in [1.165, 1.54) is 44.9 Å². The van der Waals surface area contributed by atoms with Gasteiger partial charge in [0.2, 0.25) is 0 Å². The minimum absolute atomic E-state index is 0.00306. The Morgan fingerprint density at radius 3 is 2.12 bits per heavy atom. The molecule has 0 aliphatic heterocycles. The van der Waals surface area contributed by atoms with Crippen LogP contribution < -0.4 is 0 Å². The number of hydrogen-bond acceptors (Lipinski definition) is 1. The molecular weight excluding hydrogens is 208 g/mol. The number of aliphatic hydroxyl groups is 1. The molecule has 2 rings (SSSR count). The van der Waals surface area contributed by atoms with Crippen LogP contribution in [0.25, 0.3) is 0 Å². The SMILES string of the molecule is CC(C)(C)C1CCC(O)C(C2CCCCC2)C1. The van der Waals surface area contributed by atoms with Crippen LogP contribution in [0.1, 0.15) is 72.1 Å². The largest absolute Gasteiger partial charge is 0.393 e. The first-order chi connectivity index (χ1) is 7.98. The summed E-state index contributed by atoms with van der Waals surface area (Å²) in [6.45, 7) is 7.11. The molecule has 2 fully saturated rings. The summed E-state index contributed by atoms with van der Waals surface area (Å²) in [6, 6.07) is 0. The third kappa shape index (κ3) is 3.24. The first kappa shape index (κ1) is 13.4. The first-order valence-electron chi connectivity index (χ1n) is 7.66. The van der Waals surface area contributed by atoms with Crippen LogP contribution >= 0.6 is 0 Å². The van der Waals surface area contributed by atoms with Crippen LogP contribution in [-0.2, 0) is 0 Å². The Labute approximate surface area is 107 Å². The van der Waals surface area contributed by atoms with E-state index in [1.807, 2.05) is 0 Å². The fourth-order valence-corrected chi connectivity index (χ4v) is 4.04. The second kappa shape index (κ2) is 5.30. The molecule has 0 radical (unpaired) electrons. The maximum Gasteiger partial charge on any atom is 0.0571 e. The maximum absolute atomic E-state index is 10.3. The van der Waals surface area contributed by atoms with Crippen molar-refractivity contribution in [1.29, 1.82) is 0 Å². The Morgan fingerprint density at radius 2 is 1.53 bits per heavy atom. The number of hydrogen-bond donors (Lipinski definition) is 1. The Bertz CT molecular complexity index is 234. The maximum atomic E-state index is 10.3. The van der Waals surface area contributed by atoms with Crippen molar-refractivity contribution in [3.63, 3.8) is 0 Å². The van der Waals surface area contributed by atoms with Gasteiger partial charge in [-0.15, -0.1) is 0 Å². The standard InChI is InChI=1S/C16H30O/c1-16(2,3)13-9-10-15(17)14(11-13)12-7-5-4-6-8-12/h12-15,17H,4-11H2,1-3H3. The van der Waals surface area contributed by atoms with E-state index in [2.05, 4.69) is 20.8 Å². The van der Waals surface area contributed by atoms with Crippen molar-refractivity contribution in [2.75, 3.05) is 0 Å². The van der Waals surface area contributed by atoms with Crippen LogP contribution in [-0.4, -0.2) is 11.2 Å². The highest BCUT2D eigenvalue weighted by Gasteiger charge is 2.38.